The zero-order chi connectivity index (χ0) is 14.2. The second kappa shape index (κ2) is 12.2. The zero-order valence-electron chi connectivity index (χ0n) is 12.8. The number of benzene rings is 1. The summed E-state index contributed by atoms with van der Waals surface area (Å²) in [7, 11) is 1.69. The lowest BCUT2D eigenvalue weighted by Crippen LogP contribution is -3.00. The Bertz CT molecular complexity index is 416. The Labute approximate surface area is 150 Å². The Hall–Kier alpha value is -0.230. The first-order chi connectivity index (χ1) is 9.79. The van der Waals surface area contributed by atoms with Crippen LogP contribution in [0, 0.1) is 0 Å². The lowest BCUT2D eigenvalue weighted by atomic mass is 10.2. The van der Waals surface area contributed by atoms with E-state index in [4.69, 9.17) is 21.1 Å². The van der Waals surface area contributed by atoms with E-state index < -0.39 is 0 Å². The average Bonchev–Trinajstić information content (AvgIpc) is 2.48. The first-order valence-corrected chi connectivity index (χ1v) is 7.50. The number of halogens is 3. The molecule has 0 saturated carbocycles. The van der Waals surface area contributed by atoms with Crippen molar-refractivity contribution in [2.75, 3.05) is 46.5 Å². The minimum absolute atomic E-state index is 0. The van der Waals surface area contributed by atoms with Crippen molar-refractivity contribution in [1.29, 1.82) is 0 Å². The van der Waals surface area contributed by atoms with Crippen LogP contribution in [-0.2, 0) is 11.3 Å². The molecule has 1 aromatic carbocycles. The molecule has 1 aromatic rings. The Balaban J connectivity index is 0.00000220. The predicted octanol–water partition coefficient (Wildman–Crippen LogP) is -3.83. The summed E-state index contributed by atoms with van der Waals surface area (Å²) >= 11 is 6.01. The van der Waals surface area contributed by atoms with E-state index >= 15 is 0 Å². The van der Waals surface area contributed by atoms with E-state index in [2.05, 4.69) is 10.2 Å². The highest BCUT2D eigenvalue weighted by Crippen LogP contribution is 2.22. The highest BCUT2D eigenvalue weighted by atomic mass is 35.5. The fourth-order valence-electron chi connectivity index (χ4n) is 2.36. The summed E-state index contributed by atoms with van der Waals surface area (Å²) in [5.41, 5.74) is 1.10. The van der Waals surface area contributed by atoms with Gasteiger partial charge in [0.15, 0.2) is 0 Å². The third-order valence-electron chi connectivity index (χ3n) is 3.49. The highest BCUT2D eigenvalue weighted by molar-refractivity contribution is 6.30. The van der Waals surface area contributed by atoms with Crippen molar-refractivity contribution >= 4 is 11.6 Å². The van der Waals surface area contributed by atoms with Crippen LogP contribution < -0.4 is 34.9 Å². The molecule has 4 nitrogen and oxygen atoms in total. The molecule has 1 aliphatic rings. The maximum Gasteiger partial charge on any atom is 0.123 e. The van der Waals surface area contributed by atoms with Crippen LogP contribution in [0.3, 0.4) is 0 Å². The van der Waals surface area contributed by atoms with Crippen molar-refractivity contribution in [1.82, 2.24) is 10.2 Å². The van der Waals surface area contributed by atoms with Crippen molar-refractivity contribution < 1.29 is 34.3 Å². The van der Waals surface area contributed by atoms with Crippen LogP contribution in [0.5, 0.6) is 5.75 Å². The van der Waals surface area contributed by atoms with E-state index in [1.165, 1.54) is 0 Å². The van der Waals surface area contributed by atoms with Crippen molar-refractivity contribution in [3.05, 3.63) is 28.8 Å². The van der Waals surface area contributed by atoms with Gasteiger partial charge in [-0.25, -0.2) is 0 Å². The van der Waals surface area contributed by atoms with Gasteiger partial charge < -0.3 is 39.6 Å². The van der Waals surface area contributed by atoms with Gasteiger partial charge in [-0.15, -0.1) is 0 Å². The summed E-state index contributed by atoms with van der Waals surface area (Å²) in [6.07, 6.45) is 1.14. The van der Waals surface area contributed by atoms with Gasteiger partial charge in [0, 0.05) is 30.2 Å². The van der Waals surface area contributed by atoms with Gasteiger partial charge >= 0.3 is 0 Å². The Morgan fingerprint density at radius 3 is 2.68 bits per heavy atom. The third-order valence-corrected chi connectivity index (χ3v) is 3.72. The third kappa shape index (κ3) is 7.36. The van der Waals surface area contributed by atoms with Crippen LogP contribution >= 0.6 is 11.6 Å². The molecule has 128 valence electrons. The molecule has 0 bridgehead atoms. The molecule has 0 atom stereocenters. The number of methoxy groups -OCH3 is 1. The second-order valence-corrected chi connectivity index (χ2v) is 5.38. The lowest BCUT2D eigenvalue weighted by molar-refractivity contribution is -0.00100. The molecule has 1 N–H and O–H groups in total. The number of rotatable bonds is 7. The van der Waals surface area contributed by atoms with Gasteiger partial charge in [-0.3, -0.25) is 4.90 Å². The van der Waals surface area contributed by atoms with E-state index in [0.29, 0.717) is 0 Å². The molecule has 7 heteroatoms. The fourth-order valence-corrected chi connectivity index (χ4v) is 2.56. The van der Waals surface area contributed by atoms with Crippen molar-refractivity contribution in [2.45, 2.75) is 13.0 Å². The molecule has 2 rings (SSSR count). The number of hydrogen-bond acceptors (Lipinski definition) is 4. The highest BCUT2D eigenvalue weighted by Gasteiger charge is 2.09. The van der Waals surface area contributed by atoms with Crippen molar-refractivity contribution in [2.24, 2.45) is 0 Å². The molecule has 1 heterocycles. The van der Waals surface area contributed by atoms with E-state index in [1.54, 1.807) is 7.11 Å². The average molecular weight is 370 g/mol. The minimum atomic E-state index is 0. The lowest BCUT2D eigenvalue weighted by Gasteiger charge is -2.26. The van der Waals surface area contributed by atoms with Crippen LogP contribution in [-0.4, -0.2) is 51.4 Å². The van der Waals surface area contributed by atoms with Gasteiger partial charge in [0.05, 0.1) is 20.3 Å². The van der Waals surface area contributed by atoms with E-state index in [1.807, 2.05) is 18.2 Å². The molecule has 0 radical (unpaired) electrons. The van der Waals surface area contributed by atoms with Gasteiger partial charge in [-0.05, 0) is 37.7 Å². The van der Waals surface area contributed by atoms with Crippen LogP contribution in [0.4, 0.5) is 0 Å². The molecular weight excluding hydrogens is 347 g/mol. The Morgan fingerprint density at radius 1 is 1.27 bits per heavy atom. The van der Waals surface area contributed by atoms with Crippen LogP contribution in [0.2, 0.25) is 5.02 Å². The normalized spacial score (nSPS) is 14.8. The summed E-state index contributed by atoms with van der Waals surface area (Å²) < 4.78 is 10.7. The summed E-state index contributed by atoms with van der Waals surface area (Å²) in [6, 6.07) is 5.71. The predicted molar refractivity (Wildman–Crippen MR) is 81.6 cm³/mol. The number of morpholine rings is 1. The van der Waals surface area contributed by atoms with Gasteiger partial charge in [-0.1, -0.05) is 11.6 Å². The second-order valence-electron chi connectivity index (χ2n) is 4.94. The summed E-state index contributed by atoms with van der Waals surface area (Å²) in [4.78, 5) is 2.45. The van der Waals surface area contributed by atoms with Crippen LogP contribution in [0.25, 0.3) is 0 Å². The van der Waals surface area contributed by atoms with E-state index in [9.17, 15) is 0 Å². The minimum Gasteiger partial charge on any atom is -1.00 e. The molecule has 1 fully saturated rings. The molecule has 0 aromatic heterocycles. The number of nitrogens with zero attached hydrogens (tertiary/aromatic N) is 1. The number of ether oxygens (including phenoxy) is 2. The molecular formula is C15H23Cl3N2O2-2. The summed E-state index contributed by atoms with van der Waals surface area (Å²) in [5.74, 6) is 0.884. The van der Waals surface area contributed by atoms with Gasteiger partial charge in [-0.2, -0.15) is 0 Å². The van der Waals surface area contributed by atoms with E-state index in [0.717, 1.165) is 68.7 Å². The maximum atomic E-state index is 6.01. The Morgan fingerprint density at radius 2 is 2.00 bits per heavy atom. The van der Waals surface area contributed by atoms with Crippen molar-refractivity contribution in [3.8, 4) is 5.75 Å². The van der Waals surface area contributed by atoms with E-state index in [-0.39, 0.29) is 24.8 Å². The topological polar surface area (TPSA) is 33.7 Å². The van der Waals surface area contributed by atoms with Gasteiger partial charge in [0.2, 0.25) is 0 Å². The smallest absolute Gasteiger partial charge is 0.123 e. The SMILES string of the molecule is COc1ccc(Cl)cc1CNCCCN1CCOCC1.[Cl-].[Cl-]. The fraction of sp³-hybridized carbons (Fsp3) is 0.600. The monoisotopic (exact) mass is 368 g/mol. The van der Waals surface area contributed by atoms with Crippen LogP contribution in [0.1, 0.15) is 12.0 Å². The molecule has 1 saturated heterocycles. The van der Waals surface area contributed by atoms with Gasteiger partial charge in [0.25, 0.3) is 0 Å². The number of nitrogens with one attached hydrogen (secondary N) is 1. The molecule has 0 aliphatic carbocycles. The van der Waals surface area contributed by atoms with Crippen LogP contribution in [0.15, 0.2) is 18.2 Å². The molecule has 0 unspecified atom stereocenters. The molecule has 0 spiro atoms. The summed E-state index contributed by atoms with van der Waals surface area (Å²) in [6.45, 7) is 6.76. The molecule has 1 aliphatic heterocycles. The number of hydrogen-bond donors (Lipinski definition) is 1. The van der Waals surface area contributed by atoms with Gasteiger partial charge in [0.1, 0.15) is 5.75 Å². The first kappa shape index (κ1) is 21.8. The standard InChI is InChI=1S/C15H23ClN2O2.2ClH/c1-19-15-4-3-14(16)11-13(15)12-17-5-2-6-18-7-9-20-10-8-18;;/h3-4,11,17H,2,5-10,12H2,1H3;2*1H/p-2. The zero-order valence-corrected chi connectivity index (χ0v) is 15.1. The Kier molecular flexibility index (Phi) is 12.1. The first-order valence-electron chi connectivity index (χ1n) is 7.13. The quantitative estimate of drug-likeness (QED) is 0.500. The largest absolute Gasteiger partial charge is 1.00 e. The molecule has 22 heavy (non-hydrogen) atoms. The molecule has 0 amide bonds. The summed E-state index contributed by atoms with van der Waals surface area (Å²) in [5, 5.41) is 4.19. The maximum absolute atomic E-state index is 6.01. The van der Waals surface area contributed by atoms with Crippen molar-refractivity contribution in [3.63, 3.8) is 0 Å².